The minimum Gasteiger partial charge on any atom is -0.488 e. The third kappa shape index (κ3) is 4.54. The van der Waals surface area contributed by atoms with Crippen LogP contribution in [0.4, 0.5) is 0 Å². The third-order valence-corrected chi connectivity index (χ3v) is 7.20. The summed E-state index contributed by atoms with van der Waals surface area (Å²) in [6, 6.07) is 18.7. The normalized spacial score (nSPS) is 15.5. The van der Waals surface area contributed by atoms with Crippen molar-refractivity contribution in [2.45, 2.75) is 39.0 Å². The topological polar surface area (TPSA) is 102 Å². The average molecular weight is 515 g/mol. The molecule has 1 saturated heterocycles. The van der Waals surface area contributed by atoms with E-state index in [9.17, 15) is 10.2 Å². The molecule has 1 fully saturated rings. The van der Waals surface area contributed by atoms with Crippen LogP contribution in [0.25, 0.3) is 17.1 Å². The summed E-state index contributed by atoms with van der Waals surface area (Å²) in [5.74, 6) is 1.47. The minimum absolute atomic E-state index is 0.165. The first kappa shape index (κ1) is 24.6. The molecule has 0 amide bonds. The molecule has 0 bridgehead atoms. The van der Waals surface area contributed by atoms with Gasteiger partial charge in [0.2, 0.25) is 5.88 Å². The highest BCUT2D eigenvalue weighted by Crippen LogP contribution is 2.34. The molecule has 4 aromatic rings. The van der Waals surface area contributed by atoms with Crippen LogP contribution in [0.5, 0.6) is 11.6 Å². The van der Waals surface area contributed by atoms with E-state index in [1.54, 1.807) is 6.07 Å². The Kier molecular flexibility index (Phi) is 6.59. The number of rotatable bonds is 8. The van der Waals surface area contributed by atoms with Gasteiger partial charge in [-0.05, 0) is 47.4 Å². The number of hydrogen-bond acceptors (Lipinski definition) is 8. The first-order chi connectivity index (χ1) is 18.5. The lowest BCUT2D eigenvalue weighted by atomic mass is 10.1. The van der Waals surface area contributed by atoms with Gasteiger partial charge >= 0.3 is 0 Å². The zero-order valence-corrected chi connectivity index (χ0v) is 21.4. The summed E-state index contributed by atoms with van der Waals surface area (Å²) in [5, 5.41) is 23.5. The lowest BCUT2D eigenvalue weighted by molar-refractivity contribution is -0.0669. The molecule has 0 spiro atoms. The van der Waals surface area contributed by atoms with Crippen LogP contribution in [0, 0.1) is 6.92 Å². The molecule has 6 rings (SSSR count). The Labute approximate surface area is 220 Å². The maximum atomic E-state index is 9.63. The lowest BCUT2D eigenvalue weighted by Crippen LogP contribution is -2.46. The Morgan fingerprint density at radius 1 is 1.05 bits per heavy atom. The summed E-state index contributed by atoms with van der Waals surface area (Å²) in [4.78, 5) is 7.28. The maximum Gasteiger partial charge on any atom is 0.226 e. The van der Waals surface area contributed by atoms with Gasteiger partial charge in [0.1, 0.15) is 12.4 Å². The van der Waals surface area contributed by atoms with Crippen LogP contribution < -0.4 is 9.47 Å². The van der Waals surface area contributed by atoms with E-state index in [4.69, 9.17) is 19.2 Å². The molecule has 0 atom stereocenters. The monoisotopic (exact) mass is 514 g/mol. The molecular weight excluding hydrogens is 484 g/mol. The Morgan fingerprint density at radius 2 is 1.87 bits per heavy atom. The zero-order valence-electron chi connectivity index (χ0n) is 21.4. The second-order valence-electron chi connectivity index (χ2n) is 9.72. The van der Waals surface area contributed by atoms with E-state index in [0.29, 0.717) is 24.2 Å². The second-order valence-corrected chi connectivity index (χ2v) is 9.72. The molecule has 0 saturated carbocycles. The van der Waals surface area contributed by atoms with Crippen molar-refractivity contribution in [3.05, 3.63) is 88.6 Å². The lowest BCUT2D eigenvalue weighted by Gasteiger charge is -2.34. The summed E-state index contributed by atoms with van der Waals surface area (Å²) >= 11 is 0. The van der Waals surface area contributed by atoms with Gasteiger partial charge in [-0.15, -0.1) is 0 Å². The van der Waals surface area contributed by atoms with E-state index in [1.165, 1.54) is 29.1 Å². The van der Waals surface area contributed by atoms with Gasteiger partial charge in [0.05, 0.1) is 43.8 Å². The molecule has 0 aliphatic carbocycles. The van der Waals surface area contributed by atoms with Gasteiger partial charge < -0.3 is 24.4 Å². The van der Waals surface area contributed by atoms with Crippen LogP contribution in [-0.2, 0) is 24.4 Å². The third-order valence-electron chi connectivity index (χ3n) is 7.20. The van der Waals surface area contributed by atoms with E-state index in [1.807, 2.05) is 37.3 Å². The quantitative estimate of drug-likeness (QED) is 0.345. The van der Waals surface area contributed by atoms with E-state index >= 15 is 0 Å². The van der Waals surface area contributed by atoms with Crippen molar-refractivity contribution in [3.63, 3.8) is 0 Å². The molecule has 2 N–H and O–H groups in total. The van der Waals surface area contributed by atoms with E-state index in [2.05, 4.69) is 28.2 Å². The highest BCUT2D eigenvalue weighted by molar-refractivity contribution is 5.69. The largest absolute Gasteiger partial charge is 0.488 e. The predicted octanol–water partition coefficient (Wildman–Crippen LogP) is 3.53. The molecule has 2 aromatic carbocycles. The average Bonchev–Trinajstić information content (AvgIpc) is 3.50. The molecular formula is C29H30N4O5. The van der Waals surface area contributed by atoms with Crippen LogP contribution in [-0.4, -0.2) is 56.2 Å². The Morgan fingerprint density at radius 3 is 2.63 bits per heavy atom. The standard InChI is InChI=1S/C29H30N4O5/c1-18-5-3-6-23(25-7-4-8-26(31-25)33-28(36-2)24(12-30-33)29(34)35)27(18)38-15-19-9-10-20-13-32(14-21(20)11-19)22-16-37-17-22/h3-12,22,29,34-35H,13-17H2,1-2H3. The van der Waals surface area contributed by atoms with Gasteiger partial charge in [0.25, 0.3) is 0 Å². The summed E-state index contributed by atoms with van der Waals surface area (Å²) < 4.78 is 18.6. The van der Waals surface area contributed by atoms with Crippen molar-refractivity contribution in [1.29, 1.82) is 0 Å². The Bertz CT molecular complexity index is 1460. The molecule has 9 heteroatoms. The number of aromatic nitrogens is 3. The molecule has 196 valence electrons. The Balaban J connectivity index is 1.25. The minimum atomic E-state index is -1.70. The summed E-state index contributed by atoms with van der Waals surface area (Å²) in [5.41, 5.74) is 6.60. The molecule has 4 heterocycles. The predicted molar refractivity (Wildman–Crippen MR) is 140 cm³/mol. The summed E-state index contributed by atoms with van der Waals surface area (Å²) in [6.07, 6.45) is -0.345. The van der Waals surface area contributed by atoms with E-state index in [0.717, 1.165) is 48.7 Å². The SMILES string of the molecule is COc1c(C(O)O)cnn1-c1cccc(-c2cccc(C)c2OCc2ccc3c(c2)CN(C2COC2)C3)n1. The number of ether oxygens (including phenoxy) is 3. The van der Waals surface area contributed by atoms with Crippen LogP contribution in [0.15, 0.2) is 60.8 Å². The smallest absolute Gasteiger partial charge is 0.226 e. The van der Waals surface area contributed by atoms with Crippen molar-refractivity contribution in [2.24, 2.45) is 0 Å². The van der Waals surface area contributed by atoms with Crippen molar-refractivity contribution < 1.29 is 24.4 Å². The maximum absolute atomic E-state index is 9.63. The van der Waals surface area contributed by atoms with Crippen LogP contribution in [0.1, 0.15) is 34.1 Å². The highest BCUT2D eigenvalue weighted by atomic mass is 16.5. The summed E-state index contributed by atoms with van der Waals surface area (Å²) in [6.45, 7) is 6.06. The van der Waals surface area contributed by atoms with Crippen LogP contribution in [0.3, 0.4) is 0 Å². The van der Waals surface area contributed by atoms with Gasteiger partial charge in [-0.1, -0.05) is 36.4 Å². The first-order valence-electron chi connectivity index (χ1n) is 12.6. The second kappa shape index (κ2) is 10.2. The zero-order chi connectivity index (χ0) is 26.2. The van der Waals surface area contributed by atoms with E-state index in [-0.39, 0.29) is 11.4 Å². The fraction of sp³-hybridized carbons (Fsp3) is 0.310. The number of aryl methyl sites for hydroxylation is 1. The number of fused-ring (bicyclic) bond motifs is 1. The first-order valence-corrected chi connectivity index (χ1v) is 12.6. The molecule has 0 unspecified atom stereocenters. The molecule has 2 aromatic heterocycles. The van der Waals surface area contributed by atoms with Crippen molar-refractivity contribution in [2.75, 3.05) is 20.3 Å². The molecule has 2 aliphatic heterocycles. The number of aliphatic hydroxyl groups is 2. The van der Waals surface area contributed by atoms with Crippen LogP contribution >= 0.6 is 0 Å². The van der Waals surface area contributed by atoms with Crippen LogP contribution in [0.2, 0.25) is 0 Å². The molecule has 38 heavy (non-hydrogen) atoms. The number of aliphatic hydroxyl groups excluding tert-OH is 1. The molecule has 9 nitrogen and oxygen atoms in total. The summed E-state index contributed by atoms with van der Waals surface area (Å²) in [7, 11) is 1.45. The van der Waals surface area contributed by atoms with Crippen molar-refractivity contribution >= 4 is 0 Å². The number of benzene rings is 2. The van der Waals surface area contributed by atoms with Gasteiger partial charge in [0.15, 0.2) is 12.1 Å². The van der Waals surface area contributed by atoms with Crippen molar-refractivity contribution in [3.8, 4) is 28.7 Å². The number of hydrogen-bond donors (Lipinski definition) is 2. The van der Waals surface area contributed by atoms with E-state index < -0.39 is 6.29 Å². The number of pyridine rings is 1. The van der Waals surface area contributed by atoms with Crippen molar-refractivity contribution in [1.82, 2.24) is 19.7 Å². The number of para-hydroxylation sites is 1. The fourth-order valence-electron chi connectivity index (χ4n) is 5.04. The highest BCUT2D eigenvalue weighted by Gasteiger charge is 2.30. The van der Waals surface area contributed by atoms with Gasteiger partial charge in [-0.2, -0.15) is 9.78 Å². The molecule has 0 radical (unpaired) electrons. The fourth-order valence-corrected chi connectivity index (χ4v) is 5.04. The van der Waals surface area contributed by atoms with Gasteiger partial charge in [-0.3, -0.25) is 4.90 Å². The van der Waals surface area contributed by atoms with Gasteiger partial charge in [0, 0.05) is 18.7 Å². The van der Waals surface area contributed by atoms with Gasteiger partial charge in [-0.25, -0.2) is 4.98 Å². The Hall–Kier alpha value is -3.76. The number of methoxy groups -OCH3 is 1. The number of nitrogens with zero attached hydrogens (tertiary/aromatic N) is 4. The molecule has 2 aliphatic rings.